The van der Waals surface area contributed by atoms with Crippen LogP contribution in [0.3, 0.4) is 0 Å². The third kappa shape index (κ3) is 2.10. The van der Waals surface area contributed by atoms with E-state index in [-0.39, 0.29) is 11.7 Å². The van der Waals surface area contributed by atoms with Gasteiger partial charge in [0.1, 0.15) is 0 Å². The van der Waals surface area contributed by atoms with Crippen LogP contribution in [-0.2, 0) is 4.74 Å². The Morgan fingerprint density at radius 3 is 2.36 bits per heavy atom. The summed E-state index contributed by atoms with van der Waals surface area (Å²) < 4.78 is 5.69. The second kappa shape index (κ2) is 3.19. The Bertz CT molecular complexity index is 208. The Morgan fingerprint density at radius 2 is 1.93 bits per heavy atom. The van der Waals surface area contributed by atoms with Crippen LogP contribution in [0.25, 0.3) is 0 Å². The fraction of sp³-hybridized carbons (Fsp3) is 1.00. The van der Waals surface area contributed by atoms with E-state index >= 15 is 0 Å². The lowest BCUT2D eigenvalue weighted by Crippen LogP contribution is -2.64. The van der Waals surface area contributed by atoms with Crippen molar-refractivity contribution in [2.45, 2.75) is 45.3 Å². The average molecular weight is 199 g/mol. The smallest absolute Gasteiger partial charge is 0.0997 e. The lowest BCUT2D eigenvalue weighted by Gasteiger charge is -2.58. The highest BCUT2D eigenvalue weighted by molar-refractivity contribution is 5.03. The standard InChI is InChI=1S/C11H21NO2/c1-10(2,3)14-8-12-6-11(7-12)4-9(13)5-11/h9,13H,4-8H2,1-3H3. The largest absolute Gasteiger partial charge is 0.393 e. The van der Waals surface area contributed by atoms with E-state index in [9.17, 15) is 5.11 Å². The number of nitrogens with zero attached hydrogens (tertiary/aromatic N) is 1. The predicted molar refractivity (Wildman–Crippen MR) is 55.0 cm³/mol. The number of hydrogen-bond donors (Lipinski definition) is 1. The summed E-state index contributed by atoms with van der Waals surface area (Å²) in [7, 11) is 0. The first-order valence-electron chi connectivity index (χ1n) is 5.43. The van der Waals surface area contributed by atoms with Crippen molar-refractivity contribution < 1.29 is 9.84 Å². The molecule has 2 fully saturated rings. The zero-order valence-corrected chi connectivity index (χ0v) is 9.42. The molecule has 0 aromatic heterocycles. The van der Waals surface area contributed by atoms with Crippen LogP contribution in [0, 0.1) is 5.41 Å². The summed E-state index contributed by atoms with van der Waals surface area (Å²) in [5, 5.41) is 9.24. The molecule has 14 heavy (non-hydrogen) atoms. The van der Waals surface area contributed by atoms with E-state index < -0.39 is 0 Å². The van der Waals surface area contributed by atoms with Gasteiger partial charge in [-0.25, -0.2) is 0 Å². The average Bonchev–Trinajstić information content (AvgIpc) is 1.89. The highest BCUT2D eigenvalue weighted by Gasteiger charge is 2.51. The van der Waals surface area contributed by atoms with Crippen molar-refractivity contribution in [1.82, 2.24) is 4.90 Å². The van der Waals surface area contributed by atoms with Gasteiger partial charge in [0.05, 0.1) is 18.4 Å². The minimum atomic E-state index is -0.0398. The van der Waals surface area contributed by atoms with Crippen LogP contribution in [0.4, 0.5) is 0 Å². The number of hydrogen-bond acceptors (Lipinski definition) is 3. The zero-order valence-electron chi connectivity index (χ0n) is 9.42. The molecule has 3 heteroatoms. The Morgan fingerprint density at radius 1 is 1.36 bits per heavy atom. The van der Waals surface area contributed by atoms with E-state index in [1.54, 1.807) is 0 Å². The van der Waals surface area contributed by atoms with E-state index in [0.717, 1.165) is 32.7 Å². The number of aliphatic hydroxyl groups is 1. The maximum absolute atomic E-state index is 9.24. The van der Waals surface area contributed by atoms with Crippen LogP contribution < -0.4 is 0 Å². The molecule has 1 heterocycles. The molecule has 0 radical (unpaired) electrons. The predicted octanol–water partition coefficient (Wildman–Crippen LogP) is 1.22. The molecular formula is C11H21NO2. The third-order valence-electron chi connectivity index (χ3n) is 3.14. The summed E-state index contributed by atoms with van der Waals surface area (Å²) in [5.74, 6) is 0. The van der Waals surface area contributed by atoms with Crippen molar-refractivity contribution in [3.63, 3.8) is 0 Å². The van der Waals surface area contributed by atoms with Gasteiger partial charge in [-0.05, 0) is 33.6 Å². The number of ether oxygens (including phenoxy) is 1. The van der Waals surface area contributed by atoms with Gasteiger partial charge < -0.3 is 9.84 Å². The summed E-state index contributed by atoms with van der Waals surface area (Å²) in [6.07, 6.45) is 1.97. The van der Waals surface area contributed by atoms with Gasteiger partial charge in [-0.2, -0.15) is 0 Å². The topological polar surface area (TPSA) is 32.7 Å². The minimum Gasteiger partial charge on any atom is -0.393 e. The van der Waals surface area contributed by atoms with Crippen molar-refractivity contribution in [3.8, 4) is 0 Å². The van der Waals surface area contributed by atoms with E-state index in [1.807, 2.05) is 0 Å². The Hall–Kier alpha value is -0.120. The molecular weight excluding hydrogens is 178 g/mol. The lowest BCUT2D eigenvalue weighted by atomic mass is 9.62. The molecule has 0 aromatic carbocycles. The highest BCUT2D eigenvalue weighted by Crippen LogP contribution is 2.48. The van der Waals surface area contributed by atoms with Crippen LogP contribution in [0.2, 0.25) is 0 Å². The maximum Gasteiger partial charge on any atom is 0.0997 e. The highest BCUT2D eigenvalue weighted by atomic mass is 16.5. The molecule has 1 saturated carbocycles. The van der Waals surface area contributed by atoms with Crippen LogP contribution in [0.1, 0.15) is 33.6 Å². The second-order valence-corrected chi connectivity index (χ2v) is 5.93. The van der Waals surface area contributed by atoms with Crippen LogP contribution in [-0.4, -0.2) is 41.5 Å². The van der Waals surface area contributed by atoms with Crippen molar-refractivity contribution in [3.05, 3.63) is 0 Å². The number of aliphatic hydroxyl groups excluding tert-OH is 1. The van der Waals surface area contributed by atoms with Crippen molar-refractivity contribution in [1.29, 1.82) is 0 Å². The van der Waals surface area contributed by atoms with Gasteiger partial charge in [0.25, 0.3) is 0 Å². The monoisotopic (exact) mass is 199 g/mol. The Kier molecular flexibility index (Phi) is 2.37. The first-order chi connectivity index (χ1) is 6.39. The molecule has 1 aliphatic carbocycles. The molecule has 0 bridgehead atoms. The third-order valence-corrected chi connectivity index (χ3v) is 3.14. The quantitative estimate of drug-likeness (QED) is 0.725. The van der Waals surface area contributed by atoms with Gasteiger partial charge in [-0.3, -0.25) is 4.90 Å². The minimum absolute atomic E-state index is 0.0271. The second-order valence-electron chi connectivity index (χ2n) is 5.93. The molecule has 1 N–H and O–H groups in total. The molecule has 2 aliphatic rings. The summed E-state index contributed by atoms with van der Waals surface area (Å²) in [5.41, 5.74) is 0.419. The molecule has 3 nitrogen and oxygen atoms in total. The Labute approximate surface area is 86.0 Å². The van der Waals surface area contributed by atoms with Gasteiger partial charge in [-0.1, -0.05) is 0 Å². The van der Waals surface area contributed by atoms with Crippen molar-refractivity contribution >= 4 is 0 Å². The SMILES string of the molecule is CC(C)(C)OCN1CC2(CC(O)C2)C1. The fourth-order valence-electron chi connectivity index (χ4n) is 2.48. The molecule has 0 aromatic rings. The molecule has 0 atom stereocenters. The molecule has 2 rings (SSSR count). The summed E-state index contributed by atoms with van der Waals surface area (Å²) in [6, 6.07) is 0. The maximum atomic E-state index is 9.24. The molecule has 1 spiro atoms. The van der Waals surface area contributed by atoms with Crippen molar-refractivity contribution in [2.75, 3.05) is 19.8 Å². The van der Waals surface area contributed by atoms with Gasteiger partial charge >= 0.3 is 0 Å². The van der Waals surface area contributed by atoms with Gasteiger partial charge in [0, 0.05) is 18.5 Å². The first kappa shape index (κ1) is 10.4. The fourth-order valence-corrected chi connectivity index (χ4v) is 2.48. The summed E-state index contributed by atoms with van der Waals surface area (Å²) >= 11 is 0. The van der Waals surface area contributed by atoms with Gasteiger partial charge in [0.2, 0.25) is 0 Å². The van der Waals surface area contributed by atoms with Crippen molar-refractivity contribution in [2.24, 2.45) is 5.41 Å². The van der Waals surface area contributed by atoms with Gasteiger partial charge in [-0.15, -0.1) is 0 Å². The van der Waals surface area contributed by atoms with Crippen LogP contribution in [0.15, 0.2) is 0 Å². The number of likely N-dealkylation sites (tertiary alicyclic amines) is 1. The normalized spacial score (nSPS) is 27.4. The molecule has 0 unspecified atom stereocenters. The molecule has 1 saturated heterocycles. The molecule has 0 amide bonds. The summed E-state index contributed by atoms with van der Waals surface area (Å²) in [6.45, 7) is 9.20. The van der Waals surface area contributed by atoms with Gasteiger partial charge in [0.15, 0.2) is 0 Å². The Balaban J connectivity index is 1.64. The number of rotatable bonds is 2. The molecule has 82 valence electrons. The molecule has 1 aliphatic heterocycles. The lowest BCUT2D eigenvalue weighted by molar-refractivity contribution is -0.175. The van der Waals surface area contributed by atoms with E-state index in [4.69, 9.17) is 4.74 Å². The van der Waals surface area contributed by atoms with Crippen LogP contribution >= 0.6 is 0 Å². The van der Waals surface area contributed by atoms with Crippen LogP contribution in [0.5, 0.6) is 0 Å². The van der Waals surface area contributed by atoms with E-state index in [2.05, 4.69) is 25.7 Å². The first-order valence-corrected chi connectivity index (χ1v) is 5.43. The van der Waals surface area contributed by atoms with E-state index in [1.165, 1.54) is 0 Å². The zero-order chi connectivity index (χ0) is 10.4. The summed E-state index contributed by atoms with van der Waals surface area (Å²) in [4.78, 5) is 2.32. The van der Waals surface area contributed by atoms with E-state index in [0.29, 0.717) is 5.41 Å².